The maximum absolute atomic E-state index is 5.68. The van der Waals surface area contributed by atoms with Gasteiger partial charge in [-0.3, -0.25) is 4.90 Å². The number of hydrogen-bond donors (Lipinski definition) is 1. The van der Waals surface area contributed by atoms with Crippen LogP contribution in [-0.4, -0.2) is 18.0 Å². The van der Waals surface area contributed by atoms with Gasteiger partial charge < -0.3 is 10.2 Å². The molecule has 0 saturated carbocycles. The minimum atomic E-state index is 0.659. The molecule has 3 heteroatoms. The first-order chi connectivity index (χ1) is 8.79. The fraction of sp³-hybridized carbons (Fsp3) is 0.333. The molecule has 2 rings (SSSR count). The van der Waals surface area contributed by atoms with Crippen LogP contribution in [0.1, 0.15) is 16.9 Å². The van der Waals surface area contributed by atoms with E-state index >= 15 is 0 Å². The molecule has 0 bridgehead atoms. The van der Waals surface area contributed by atoms with Gasteiger partial charge in [-0.25, -0.2) is 0 Å². The smallest absolute Gasteiger partial charge is 0.120 e. The van der Waals surface area contributed by atoms with Gasteiger partial charge in [0.05, 0.1) is 12.8 Å². The highest BCUT2D eigenvalue weighted by molar-refractivity contribution is 5.16. The standard InChI is InChI=1S/C15H20N2O/c1-13-7-10-18-15(13)12-17(9-8-16)11-14-5-3-2-4-6-14/h2-7,10H,8-9,11-12,16H2,1H3. The summed E-state index contributed by atoms with van der Waals surface area (Å²) in [6.07, 6.45) is 1.74. The van der Waals surface area contributed by atoms with Crippen molar-refractivity contribution in [1.82, 2.24) is 4.90 Å². The average molecular weight is 244 g/mol. The van der Waals surface area contributed by atoms with Crippen molar-refractivity contribution >= 4 is 0 Å². The number of hydrogen-bond acceptors (Lipinski definition) is 3. The van der Waals surface area contributed by atoms with E-state index in [0.717, 1.165) is 25.4 Å². The number of furan rings is 1. The molecule has 96 valence electrons. The van der Waals surface area contributed by atoms with Crippen LogP contribution in [0.2, 0.25) is 0 Å². The van der Waals surface area contributed by atoms with E-state index < -0.39 is 0 Å². The second-order valence-electron chi connectivity index (χ2n) is 4.51. The van der Waals surface area contributed by atoms with Crippen molar-refractivity contribution < 1.29 is 4.42 Å². The molecule has 1 aromatic heterocycles. The van der Waals surface area contributed by atoms with E-state index in [1.807, 2.05) is 12.1 Å². The van der Waals surface area contributed by atoms with Gasteiger partial charge >= 0.3 is 0 Å². The van der Waals surface area contributed by atoms with Crippen LogP contribution in [0.5, 0.6) is 0 Å². The van der Waals surface area contributed by atoms with Crippen LogP contribution in [0.3, 0.4) is 0 Å². The number of nitrogens with zero attached hydrogens (tertiary/aromatic N) is 1. The number of nitrogens with two attached hydrogens (primary N) is 1. The van der Waals surface area contributed by atoms with Crippen LogP contribution < -0.4 is 5.73 Å². The average Bonchev–Trinajstić information content (AvgIpc) is 2.77. The Kier molecular flexibility index (Phi) is 4.56. The second kappa shape index (κ2) is 6.38. The number of benzene rings is 1. The lowest BCUT2D eigenvalue weighted by Gasteiger charge is -2.20. The predicted octanol–water partition coefficient (Wildman–Crippen LogP) is 2.55. The highest BCUT2D eigenvalue weighted by atomic mass is 16.3. The Hall–Kier alpha value is -1.58. The maximum atomic E-state index is 5.68. The Labute approximate surface area is 108 Å². The zero-order chi connectivity index (χ0) is 12.8. The third-order valence-corrected chi connectivity index (χ3v) is 3.03. The summed E-state index contributed by atoms with van der Waals surface area (Å²) in [6, 6.07) is 12.4. The Morgan fingerprint density at radius 1 is 1.11 bits per heavy atom. The first kappa shape index (κ1) is 12.9. The molecule has 18 heavy (non-hydrogen) atoms. The summed E-state index contributed by atoms with van der Waals surface area (Å²) in [5.41, 5.74) is 8.18. The van der Waals surface area contributed by atoms with E-state index in [1.54, 1.807) is 6.26 Å². The van der Waals surface area contributed by atoms with Crippen LogP contribution in [-0.2, 0) is 13.1 Å². The molecule has 0 spiro atoms. The van der Waals surface area contributed by atoms with Gasteiger partial charge in [-0.2, -0.15) is 0 Å². The second-order valence-corrected chi connectivity index (χ2v) is 4.51. The Balaban J connectivity index is 2.02. The van der Waals surface area contributed by atoms with Crippen molar-refractivity contribution in [2.24, 2.45) is 5.73 Å². The largest absolute Gasteiger partial charge is 0.468 e. The van der Waals surface area contributed by atoms with Crippen molar-refractivity contribution in [1.29, 1.82) is 0 Å². The topological polar surface area (TPSA) is 42.4 Å². The Morgan fingerprint density at radius 3 is 2.50 bits per heavy atom. The molecule has 2 N–H and O–H groups in total. The van der Waals surface area contributed by atoms with Gasteiger partial charge in [0.25, 0.3) is 0 Å². The van der Waals surface area contributed by atoms with Gasteiger partial charge in [-0.1, -0.05) is 30.3 Å². The van der Waals surface area contributed by atoms with Gasteiger partial charge in [0.2, 0.25) is 0 Å². The van der Waals surface area contributed by atoms with Crippen LogP contribution in [0.15, 0.2) is 47.1 Å². The molecule has 0 aliphatic rings. The van der Waals surface area contributed by atoms with E-state index in [0.29, 0.717) is 6.54 Å². The Bertz CT molecular complexity index is 464. The van der Waals surface area contributed by atoms with Gasteiger partial charge in [-0.05, 0) is 24.1 Å². The van der Waals surface area contributed by atoms with E-state index in [2.05, 4.69) is 36.1 Å². The fourth-order valence-corrected chi connectivity index (χ4v) is 2.01. The van der Waals surface area contributed by atoms with Crippen molar-refractivity contribution in [3.63, 3.8) is 0 Å². The van der Waals surface area contributed by atoms with E-state index in [9.17, 15) is 0 Å². The molecular formula is C15H20N2O. The molecule has 0 unspecified atom stereocenters. The quantitative estimate of drug-likeness (QED) is 0.849. The lowest BCUT2D eigenvalue weighted by Crippen LogP contribution is -2.28. The van der Waals surface area contributed by atoms with Gasteiger partial charge in [-0.15, -0.1) is 0 Å². The minimum Gasteiger partial charge on any atom is -0.468 e. The van der Waals surface area contributed by atoms with Crippen LogP contribution in [0.25, 0.3) is 0 Å². The van der Waals surface area contributed by atoms with Gasteiger partial charge in [0.1, 0.15) is 5.76 Å². The fourth-order valence-electron chi connectivity index (χ4n) is 2.01. The monoisotopic (exact) mass is 244 g/mol. The molecule has 1 heterocycles. The molecule has 0 aliphatic carbocycles. The first-order valence-electron chi connectivity index (χ1n) is 6.29. The molecule has 1 aromatic carbocycles. The highest BCUT2D eigenvalue weighted by Gasteiger charge is 2.10. The zero-order valence-corrected chi connectivity index (χ0v) is 10.8. The summed E-state index contributed by atoms with van der Waals surface area (Å²) < 4.78 is 5.50. The van der Waals surface area contributed by atoms with E-state index in [4.69, 9.17) is 10.2 Å². The lowest BCUT2D eigenvalue weighted by atomic mass is 10.2. The third-order valence-electron chi connectivity index (χ3n) is 3.03. The van der Waals surface area contributed by atoms with Crippen molar-refractivity contribution in [2.45, 2.75) is 20.0 Å². The van der Waals surface area contributed by atoms with E-state index in [1.165, 1.54) is 11.1 Å². The van der Waals surface area contributed by atoms with Crippen molar-refractivity contribution in [3.05, 3.63) is 59.5 Å². The van der Waals surface area contributed by atoms with Crippen LogP contribution in [0, 0.1) is 6.92 Å². The Morgan fingerprint density at radius 2 is 1.89 bits per heavy atom. The van der Waals surface area contributed by atoms with Gasteiger partial charge in [0.15, 0.2) is 0 Å². The molecule has 0 fully saturated rings. The van der Waals surface area contributed by atoms with Gasteiger partial charge in [0, 0.05) is 19.6 Å². The maximum Gasteiger partial charge on any atom is 0.120 e. The summed E-state index contributed by atoms with van der Waals surface area (Å²) in [7, 11) is 0. The summed E-state index contributed by atoms with van der Waals surface area (Å²) in [6.45, 7) is 5.31. The summed E-state index contributed by atoms with van der Waals surface area (Å²) in [4.78, 5) is 2.31. The molecule has 0 radical (unpaired) electrons. The molecular weight excluding hydrogens is 224 g/mol. The molecule has 0 aliphatic heterocycles. The number of rotatable bonds is 6. The summed E-state index contributed by atoms with van der Waals surface area (Å²) in [5.74, 6) is 1.03. The predicted molar refractivity (Wildman–Crippen MR) is 73.1 cm³/mol. The van der Waals surface area contributed by atoms with Crippen molar-refractivity contribution in [3.8, 4) is 0 Å². The van der Waals surface area contributed by atoms with Crippen molar-refractivity contribution in [2.75, 3.05) is 13.1 Å². The van der Waals surface area contributed by atoms with E-state index in [-0.39, 0.29) is 0 Å². The third kappa shape index (κ3) is 3.45. The number of aryl methyl sites for hydroxylation is 1. The van der Waals surface area contributed by atoms with Crippen LogP contribution >= 0.6 is 0 Å². The summed E-state index contributed by atoms with van der Waals surface area (Å²) in [5, 5.41) is 0. The highest BCUT2D eigenvalue weighted by Crippen LogP contribution is 2.14. The molecule has 0 saturated heterocycles. The van der Waals surface area contributed by atoms with Crippen LogP contribution in [0.4, 0.5) is 0 Å². The lowest BCUT2D eigenvalue weighted by molar-refractivity contribution is 0.241. The normalized spacial score (nSPS) is 11.1. The first-order valence-corrected chi connectivity index (χ1v) is 6.29. The minimum absolute atomic E-state index is 0.659. The molecule has 0 atom stereocenters. The summed E-state index contributed by atoms with van der Waals surface area (Å²) >= 11 is 0. The molecule has 3 nitrogen and oxygen atoms in total. The zero-order valence-electron chi connectivity index (χ0n) is 10.8. The molecule has 0 amide bonds. The molecule has 2 aromatic rings. The SMILES string of the molecule is Cc1ccoc1CN(CCN)Cc1ccccc1.